The van der Waals surface area contributed by atoms with Crippen LogP contribution in [0.2, 0.25) is 0 Å². The van der Waals surface area contributed by atoms with Gasteiger partial charge in [-0.25, -0.2) is 4.98 Å². The molecule has 0 saturated carbocycles. The summed E-state index contributed by atoms with van der Waals surface area (Å²) < 4.78 is 38.3. The van der Waals surface area contributed by atoms with E-state index in [9.17, 15) is 18.3 Å². The minimum atomic E-state index is -4.45. The van der Waals surface area contributed by atoms with Crippen molar-refractivity contribution in [3.05, 3.63) is 23.9 Å². The van der Waals surface area contributed by atoms with E-state index in [-0.39, 0.29) is 12.4 Å². The van der Waals surface area contributed by atoms with E-state index in [1.54, 1.807) is 0 Å². The number of alkyl halides is 3. The molecule has 4 nitrogen and oxygen atoms in total. The second kappa shape index (κ2) is 5.34. The average molecular weight is 275 g/mol. The molecule has 7 heteroatoms. The van der Waals surface area contributed by atoms with Crippen molar-refractivity contribution in [3.8, 4) is 0 Å². The van der Waals surface area contributed by atoms with Gasteiger partial charge in [-0.2, -0.15) is 13.2 Å². The molecule has 0 amide bonds. The summed E-state index contributed by atoms with van der Waals surface area (Å²) in [4.78, 5) is 3.70. The molecule has 0 radical (unpaired) electrons. The monoisotopic (exact) mass is 275 g/mol. The summed E-state index contributed by atoms with van der Waals surface area (Å²) in [5.74, 6) is -0.242. The normalized spacial score (nSPS) is 24.2. The molecule has 2 rings (SSSR count). The molecular weight excluding hydrogens is 259 g/mol. The van der Waals surface area contributed by atoms with Gasteiger partial charge in [-0.05, 0) is 31.5 Å². The lowest BCUT2D eigenvalue weighted by Gasteiger charge is -2.33. The van der Waals surface area contributed by atoms with Crippen LogP contribution in [0.3, 0.4) is 0 Å². The molecule has 2 heterocycles. The van der Waals surface area contributed by atoms with Crippen molar-refractivity contribution in [2.75, 3.05) is 25.0 Å². The van der Waals surface area contributed by atoms with Gasteiger partial charge in [-0.15, -0.1) is 0 Å². The Kier molecular flexibility index (Phi) is 3.96. The van der Waals surface area contributed by atoms with Gasteiger partial charge >= 0.3 is 6.18 Å². The molecule has 106 valence electrons. The van der Waals surface area contributed by atoms with Gasteiger partial charge in [-0.3, -0.25) is 0 Å². The number of rotatable bonds is 3. The second-order valence-corrected chi connectivity index (χ2v) is 4.76. The predicted molar refractivity (Wildman–Crippen MR) is 64.8 cm³/mol. The van der Waals surface area contributed by atoms with Crippen LogP contribution in [0, 0.1) is 0 Å². The van der Waals surface area contributed by atoms with Crippen molar-refractivity contribution >= 4 is 5.82 Å². The highest BCUT2D eigenvalue weighted by molar-refractivity contribution is 5.45. The van der Waals surface area contributed by atoms with E-state index < -0.39 is 17.3 Å². The number of hydrogen-bond acceptors (Lipinski definition) is 4. The molecule has 19 heavy (non-hydrogen) atoms. The van der Waals surface area contributed by atoms with Crippen LogP contribution in [0.4, 0.5) is 19.0 Å². The van der Waals surface area contributed by atoms with Gasteiger partial charge in [0.1, 0.15) is 5.82 Å². The fourth-order valence-electron chi connectivity index (χ4n) is 2.13. The van der Waals surface area contributed by atoms with E-state index in [1.165, 1.54) is 12.3 Å². The molecule has 1 atom stereocenters. The first kappa shape index (κ1) is 14.1. The van der Waals surface area contributed by atoms with E-state index in [4.69, 9.17) is 0 Å². The van der Waals surface area contributed by atoms with E-state index in [2.05, 4.69) is 15.6 Å². The van der Waals surface area contributed by atoms with Crippen LogP contribution in [0.5, 0.6) is 0 Å². The Balaban J connectivity index is 2.07. The van der Waals surface area contributed by atoms with Crippen molar-refractivity contribution in [2.24, 2.45) is 0 Å². The lowest BCUT2D eigenvalue weighted by molar-refractivity contribution is -0.137. The molecule has 0 aliphatic carbocycles. The number of β-amino-alcohol motifs (C(OH)–C–C–N with tert-alkyl or cyclic N) is 1. The molecule has 0 bridgehead atoms. The molecule has 1 aliphatic rings. The molecule has 0 aromatic carbocycles. The number of aromatic nitrogens is 1. The fourth-order valence-corrected chi connectivity index (χ4v) is 2.13. The molecular formula is C12H16F3N3O. The first-order valence-corrected chi connectivity index (χ1v) is 6.10. The van der Waals surface area contributed by atoms with Gasteiger partial charge in [0, 0.05) is 19.3 Å². The third-order valence-corrected chi connectivity index (χ3v) is 3.15. The Labute approximate surface area is 109 Å². The van der Waals surface area contributed by atoms with Crippen LogP contribution in [0.25, 0.3) is 0 Å². The topological polar surface area (TPSA) is 57.2 Å². The van der Waals surface area contributed by atoms with Gasteiger partial charge in [0.15, 0.2) is 0 Å². The number of anilines is 1. The Morgan fingerprint density at radius 2 is 2.26 bits per heavy atom. The molecule has 0 unspecified atom stereocenters. The fraction of sp³-hybridized carbons (Fsp3) is 0.583. The molecule has 3 N–H and O–H groups in total. The predicted octanol–water partition coefficient (Wildman–Crippen LogP) is 1.63. The molecule has 1 aromatic heterocycles. The average Bonchev–Trinajstić information content (AvgIpc) is 2.37. The lowest BCUT2D eigenvalue weighted by Crippen LogP contribution is -2.50. The number of piperidine rings is 1. The van der Waals surface area contributed by atoms with Crippen LogP contribution in [0.1, 0.15) is 18.4 Å². The highest BCUT2D eigenvalue weighted by atomic mass is 19.4. The van der Waals surface area contributed by atoms with E-state index in [0.29, 0.717) is 13.0 Å². The maximum atomic E-state index is 12.8. The zero-order valence-electron chi connectivity index (χ0n) is 10.3. The minimum absolute atomic E-state index is 0.0418. The van der Waals surface area contributed by atoms with Crippen LogP contribution >= 0.6 is 0 Å². The highest BCUT2D eigenvalue weighted by Gasteiger charge is 2.35. The molecule has 0 spiro atoms. The van der Waals surface area contributed by atoms with Crippen molar-refractivity contribution in [1.29, 1.82) is 0 Å². The van der Waals surface area contributed by atoms with Crippen molar-refractivity contribution in [3.63, 3.8) is 0 Å². The second-order valence-electron chi connectivity index (χ2n) is 4.76. The number of nitrogens with one attached hydrogen (secondary N) is 2. The van der Waals surface area contributed by atoms with Crippen molar-refractivity contribution < 1.29 is 18.3 Å². The summed E-state index contributed by atoms with van der Waals surface area (Å²) in [7, 11) is 0. The van der Waals surface area contributed by atoms with Gasteiger partial charge in [0.25, 0.3) is 0 Å². The molecule has 1 fully saturated rings. The maximum Gasteiger partial charge on any atom is 0.419 e. The van der Waals surface area contributed by atoms with E-state index in [1.807, 2.05) is 0 Å². The molecule has 1 aliphatic heterocycles. The van der Waals surface area contributed by atoms with Crippen molar-refractivity contribution in [2.45, 2.75) is 24.6 Å². The Morgan fingerprint density at radius 1 is 1.47 bits per heavy atom. The van der Waals surface area contributed by atoms with Crippen LogP contribution in [0.15, 0.2) is 18.3 Å². The van der Waals surface area contributed by atoms with Crippen LogP contribution < -0.4 is 10.6 Å². The summed E-state index contributed by atoms with van der Waals surface area (Å²) in [5.41, 5.74) is -1.85. The standard InChI is InChI=1S/C12H16F3N3O/c13-12(14,15)9-3-1-6-17-10(9)18-8-11(19)4-2-5-16-7-11/h1,3,6,16,19H,2,4-5,7-8H2,(H,17,18)/t11-/m0/s1. The number of aliphatic hydroxyl groups is 1. The SMILES string of the molecule is O[C@@]1(CNc2ncccc2C(F)(F)F)CCCNC1. The number of pyridine rings is 1. The van der Waals surface area contributed by atoms with E-state index in [0.717, 1.165) is 19.0 Å². The maximum absolute atomic E-state index is 12.8. The zero-order valence-corrected chi connectivity index (χ0v) is 10.3. The first-order valence-electron chi connectivity index (χ1n) is 6.10. The van der Waals surface area contributed by atoms with Crippen LogP contribution in [-0.4, -0.2) is 35.3 Å². The highest BCUT2D eigenvalue weighted by Crippen LogP contribution is 2.33. The number of halogens is 3. The molecule has 1 aromatic rings. The zero-order chi connectivity index (χ0) is 13.9. The first-order chi connectivity index (χ1) is 8.91. The largest absolute Gasteiger partial charge is 0.419 e. The number of nitrogens with zero attached hydrogens (tertiary/aromatic N) is 1. The summed E-state index contributed by atoms with van der Waals surface area (Å²) >= 11 is 0. The summed E-state index contributed by atoms with van der Waals surface area (Å²) in [6.07, 6.45) is -1.81. The minimum Gasteiger partial charge on any atom is -0.387 e. The molecule has 1 saturated heterocycles. The van der Waals surface area contributed by atoms with Gasteiger partial charge in [0.05, 0.1) is 11.2 Å². The number of hydrogen-bond donors (Lipinski definition) is 3. The summed E-state index contributed by atoms with van der Waals surface area (Å²) in [5, 5.41) is 15.8. The van der Waals surface area contributed by atoms with Gasteiger partial charge in [0.2, 0.25) is 0 Å². The van der Waals surface area contributed by atoms with Gasteiger partial charge < -0.3 is 15.7 Å². The van der Waals surface area contributed by atoms with Crippen LogP contribution in [-0.2, 0) is 6.18 Å². The smallest absolute Gasteiger partial charge is 0.387 e. The lowest BCUT2D eigenvalue weighted by atomic mass is 9.94. The Morgan fingerprint density at radius 3 is 2.89 bits per heavy atom. The van der Waals surface area contributed by atoms with Crippen molar-refractivity contribution in [1.82, 2.24) is 10.3 Å². The summed E-state index contributed by atoms with van der Waals surface area (Å²) in [6, 6.07) is 2.21. The third kappa shape index (κ3) is 3.57. The van der Waals surface area contributed by atoms with Gasteiger partial charge in [-0.1, -0.05) is 0 Å². The Hall–Kier alpha value is -1.34. The quantitative estimate of drug-likeness (QED) is 0.784. The summed E-state index contributed by atoms with van der Waals surface area (Å²) in [6.45, 7) is 1.23. The van der Waals surface area contributed by atoms with E-state index >= 15 is 0 Å². The Bertz CT molecular complexity index is 430. The third-order valence-electron chi connectivity index (χ3n) is 3.15.